The molecule has 0 spiro atoms. The summed E-state index contributed by atoms with van der Waals surface area (Å²) in [4.78, 5) is 14.5. The zero-order chi connectivity index (χ0) is 16.8. The van der Waals surface area contributed by atoms with Crippen LogP contribution >= 0.6 is 12.4 Å². The number of hydrogen-bond donors (Lipinski definition) is 2. The SMILES string of the molecule is COc1ccccc1OCCN1CC(N(C)CC(=O)O)[C@H](O)C1.Cl. The molecule has 136 valence electrons. The lowest BCUT2D eigenvalue weighted by Crippen LogP contribution is -2.43. The number of benzene rings is 1. The fourth-order valence-corrected chi connectivity index (χ4v) is 2.82. The van der Waals surface area contributed by atoms with E-state index in [1.165, 1.54) is 0 Å². The van der Waals surface area contributed by atoms with Gasteiger partial charge in [-0.2, -0.15) is 0 Å². The van der Waals surface area contributed by atoms with Gasteiger partial charge in [-0.15, -0.1) is 12.4 Å². The zero-order valence-corrected chi connectivity index (χ0v) is 14.7. The van der Waals surface area contributed by atoms with Gasteiger partial charge in [0.2, 0.25) is 0 Å². The molecule has 0 radical (unpaired) electrons. The first-order chi connectivity index (χ1) is 11.0. The lowest BCUT2D eigenvalue weighted by Gasteiger charge is -2.24. The van der Waals surface area contributed by atoms with E-state index in [-0.39, 0.29) is 25.0 Å². The highest BCUT2D eigenvalue weighted by Crippen LogP contribution is 2.25. The summed E-state index contributed by atoms with van der Waals surface area (Å²) in [5.74, 6) is 0.486. The number of methoxy groups -OCH3 is 1. The van der Waals surface area contributed by atoms with Gasteiger partial charge in [0.05, 0.1) is 19.8 Å². The molecular weight excluding hydrogens is 336 g/mol. The Hall–Kier alpha value is -1.54. The first kappa shape index (κ1) is 20.5. The number of carbonyl (C=O) groups is 1. The Labute approximate surface area is 148 Å². The number of carboxylic acid groups (broad SMARTS) is 1. The first-order valence-electron chi connectivity index (χ1n) is 7.59. The number of carboxylic acids is 1. The Morgan fingerprint density at radius 1 is 1.33 bits per heavy atom. The topological polar surface area (TPSA) is 82.5 Å². The van der Waals surface area contributed by atoms with Gasteiger partial charge in [0.25, 0.3) is 0 Å². The summed E-state index contributed by atoms with van der Waals surface area (Å²) in [6.07, 6.45) is -0.550. The largest absolute Gasteiger partial charge is 0.493 e. The molecule has 2 atom stereocenters. The molecule has 7 nitrogen and oxygen atoms in total. The van der Waals surface area contributed by atoms with Crippen molar-refractivity contribution in [2.24, 2.45) is 0 Å². The van der Waals surface area contributed by atoms with Crippen molar-refractivity contribution in [2.45, 2.75) is 12.1 Å². The first-order valence-corrected chi connectivity index (χ1v) is 7.59. The number of halogens is 1. The fraction of sp³-hybridized carbons (Fsp3) is 0.562. The zero-order valence-electron chi connectivity index (χ0n) is 13.9. The minimum Gasteiger partial charge on any atom is -0.493 e. The van der Waals surface area contributed by atoms with Crippen LogP contribution in [0, 0.1) is 0 Å². The van der Waals surface area contributed by atoms with Crippen LogP contribution in [0.1, 0.15) is 0 Å². The highest BCUT2D eigenvalue weighted by molar-refractivity contribution is 5.85. The minimum absolute atomic E-state index is 0. The van der Waals surface area contributed by atoms with E-state index in [0.29, 0.717) is 37.7 Å². The molecule has 24 heavy (non-hydrogen) atoms. The molecule has 0 amide bonds. The predicted octanol–water partition coefficient (Wildman–Crippen LogP) is 0.557. The summed E-state index contributed by atoms with van der Waals surface area (Å²) < 4.78 is 11.0. The van der Waals surface area contributed by atoms with Crippen LogP contribution < -0.4 is 9.47 Å². The Kier molecular flexibility index (Phi) is 8.27. The molecule has 1 saturated heterocycles. The maximum atomic E-state index is 10.8. The molecule has 1 aromatic rings. The quantitative estimate of drug-likeness (QED) is 0.700. The van der Waals surface area contributed by atoms with Gasteiger partial charge in [-0.1, -0.05) is 12.1 Å². The molecule has 1 aliphatic rings. The number of likely N-dealkylation sites (tertiary alicyclic amines) is 1. The number of rotatable bonds is 8. The third-order valence-corrected chi connectivity index (χ3v) is 4.02. The van der Waals surface area contributed by atoms with Crippen LogP contribution in [0.3, 0.4) is 0 Å². The van der Waals surface area contributed by atoms with Crippen molar-refractivity contribution in [3.05, 3.63) is 24.3 Å². The molecular formula is C16H25ClN2O5. The van der Waals surface area contributed by atoms with E-state index in [1.807, 2.05) is 24.3 Å². The number of hydrogen-bond acceptors (Lipinski definition) is 6. The highest BCUT2D eigenvalue weighted by Gasteiger charge is 2.34. The van der Waals surface area contributed by atoms with Gasteiger partial charge in [0, 0.05) is 25.7 Å². The van der Waals surface area contributed by atoms with Crippen molar-refractivity contribution in [2.75, 3.05) is 46.9 Å². The molecule has 8 heteroatoms. The smallest absolute Gasteiger partial charge is 0.317 e. The molecule has 0 aliphatic carbocycles. The third-order valence-electron chi connectivity index (χ3n) is 4.02. The summed E-state index contributed by atoms with van der Waals surface area (Å²) in [6.45, 7) is 2.20. The van der Waals surface area contributed by atoms with E-state index in [1.54, 1.807) is 19.1 Å². The highest BCUT2D eigenvalue weighted by atomic mass is 35.5. The van der Waals surface area contributed by atoms with Gasteiger partial charge in [-0.05, 0) is 19.2 Å². The van der Waals surface area contributed by atoms with Gasteiger partial charge < -0.3 is 19.7 Å². The lowest BCUT2D eigenvalue weighted by molar-refractivity contribution is -0.138. The minimum atomic E-state index is -0.891. The van der Waals surface area contributed by atoms with E-state index in [4.69, 9.17) is 14.6 Å². The summed E-state index contributed by atoms with van der Waals surface area (Å²) in [7, 11) is 3.32. The monoisotopic (exact) mass is 360 g/mol. The van der Waals surface area contributed by atoms with Gasteiger partial charge in [0.1, 0.15) is 6.61 Å². The molecule has 2 N–H and O–H groups in total. The van der Waals surface area contributed by atoms with E-state index < -0.39 is 12.1 Å². The summed E-state index contributed by atoms with van der Waals surface area (Å²) >= 11 is 0. The van der Waals surface area contributed by atoms with Crippen LogP contribution in [0.4, 0.5) is 0 Å². The average molecular weight is 361 g/mol. The Morgan fingerprint density at radius 2 is 2.00 bits per heavy atom. The second-order valence-electron chi connectivity index (χ2n) is 5.70. The molecule has 1 heterocycles. The molecule has 2 rings (SSSR count). The van der Waals surface area contributed by atoms with Crippen LogP contribution in [0.25, 0.3) is 0 Å². The Balaban J connectivity index is 0.00000288. The van der Waals surface area contributed by atoms with Gasteiger partial charge in [-0.25, -0.2) is 0 Å². The summed E-state index contributed by atoms with van der Waals surface area (Å²) in [5.41, 5.74) is 0. The maximum Gasteiger partial charge on any atom is 0.317 e. The Morgan fingerprint density at radius 3 is 2.62 bits per heavy atom. The molecule has 0 aromatic heterocycles. The molecule has 0 bridgehead atoms. The van der Waals surface area contributed by atoms with Crippen molar-refractivity contribution in [3.63, 3.8) is 0 Å². The molecule has 1 aromatic carbocycles. The van der Waals surface area contributed by atoms with Gasteiger partial charge >= 0.3 is 5.97 Å². The van der Waals surface area contributed by atoms with E-state index >= 15 is 0 Å². The van der Waals surface area contributed by atoms with Crippen molar-refractivity contribution in [3.8, 4) is 11.5 Å². The summed E-state index contributed by atoms with van der Waals surface area (Å²) in [5, 5.41) is 18.9. The van der Waals surface area contributed by atoms with Crippen molar-refractivity contribution in [1.29, 1.82) is 0 Å². The predicted molar refractivity (Wildman–Crippen MR) is 92.2 cm³/mol. The van der Waals surface area contributed by atoms with E-state index in [2.05, 4.69) is 4.90 Å². The number of ether oxygens (including phenoxy) is 2. The standard InChI is InChI=1S/C16H24N2O5.ClH/c1-17(11-16(20)21)12-9-18(10-13(12)19)7-8-23-15-6-4-3-5-14(15)22-2;/h3-6,12-13,19H,7-11H2,1-2H3,(H,20,21);1H/t12?,13-;/m1./s1. The van der Waals surface area contributed by atoms with Crippen LogP contribution in [0.2, 0.25) is 0 Å². The van der Waals surface area contributed by atoms with Crippen LogP contribution in [-0.2, 0) is 4.79 Å². The number of para-hydroxylation sites is 2. The fourth-order valence-electron chi connectivity index (χ4n) is 2.82. The molecule has 1 fully saturated rings. The van der Waals surface area contributed by atoms with Crippen LogP contribution in [0.15, 0.2) is 24.3 Å². The van der Waals surface area contributed by atoms with Crippen molar-refractivity contribution < 1.29 is 24.5 Å². The normalized spacial score (nSPS) is 20.7. The van der Waals surface area contributed by atoms with Gasteiger partial charge in [-0.3, -0.25) is 14.6 Å². The van der Waals surface area contributed by atoms with Crippen LogP contribution in [-0.4, -0.2) is 85.1 Å². The third kappa shape index (κ3) is 5.52. The lowest BCUT2D eigenvalue weighted by atomic mass is 10.2. The number of aliphatic hydroxyl groups excluding tert-OH is 1. The van der Waals surface area contributed by atoms with E-state index in [0.717, 1.165) is 0 Å². The average Bonchev–Trinajstić information content (AvgIpc) is 2.88. The van der Waals surface area contributed by atoms with Crippen molar-refractivity contribution in [1.82, 2.24) is 9.80 Å². The molecule has 1 unspecified atom stereocenters. The van der Waals surface area contributed by atoms with Crippen molar-refractivity contribution >= 4 is 18.4 Å². The van der Waals surface area contributed by atoms with Crippen LogP contribution in [0.5, 0.6) is 11.5 Å². The number of aliphatic carboxylic acids is 1. The van der Waals surface area contributed by atoms with E-state index in [9.17, 15) is 9.90 Å². The number of likely N-dealkylation sites (N-methyl/N-ethyl adjacent to an activating group) is 1. The second-order valence-corrected chi connectivity index (χ2v) is 5.70. The maximum absolute atomic E-state index is 10.8. The second kappa shape index (κ2) is 9.68. The number of β-amino-alcohol motifs (C(OH)–C–C–N with tert-alkyl or cyclic N) is 1. The van der Waals surface area contributed by atoms with Gasteiger partial charge in [0.15, 0.2) is 11.5 Å². The number of nitrogens with zero attached hydrogens (tertiary/aromatic N) is 2. The molecule has 0 saturated carbocycles. The number of aliphatic hydroxyl groups is 1. The Bertz CT molecular complexity index is 531. The summed E-state index contributed by atoms with van der Waals surface area (Å²) in [6, 6.07) is 7.28. The molecule has 1 aliphatic heterocycles.